The van der Waals surface area contributed by atoms with Crippen molar-refractivity contribution in [3.63, 3.8) is 0 Å². The molecule has 2 rings (SSSR count). The van der Waals surface area contributed by atoms with E-state index in [1.165, 1.54) is 19.5 Å². The van der Waals surface area contributed by atoms with E-state index in [1.807, 2.05) is 0 Å². The standard InChI is InChI=1S/C12H13N3O4/c1-18-8-2-3-9(12(16)17)10(6-8)13-5-4-11-14-7-15-19-11/h2-3,6-7,13H,4-5H2,1H3,(H,16,17). The zero-order chi connectivity index (χ0) is 13.7. The van der Waals surface area contributed by atoms with Crippen molar-refractivity contribution in [1.29, 1.82) is 0 Å². The molecule has 0 saturated carbocycles. The summed E-state index contributed by atoms with van der Waals surface area (Å²) < 4.78 is 9.92. The molecule has 0 aliphatic heterocycles. The smallest absolute Gasteiger partial charge is 0.337 e. The van der Waals surface area contributed by atoms with Crippen LogP contribution in [0.15, 0.2) is 29.0 Å². The summed E-state index contributed by atoms with van der Waals surface area (Å²) in [7, 11) is 1.53. The van der Waals surface area contributed by atoms with E-state index >= 15 is 0 Å². The second-order valence-corrected chi connectivity index (χ2v) is 3.73. The fourth-order valence-corrected chi connectivity index (χ4v) is 1.59. The summed E-state index contributed by atoms with van der Waals surface area (Å²) in [5.74, 6) is 0.0838. The molecule has 0 aliphatic carbocycles. The van der Waals surface area contributed by atoms with Gasteiger partial charge in [-0.25, -0.2) is 4.79 Å². The molecule has 0 spiro atoms. The lowest BCUT2D eigenvalue weighted by atomic mass is 10.1. The van der Waals surface area contributed by atoms with Gasteiger partial charge in [-0.1, -0.05) is 5.16 Å². The Labute approximate surface area is 109 Å². The van der Waals surface area contributed by atoms with Gasteiger partial charge in [0.25, 0.3) is 0 Å². The van der Waals surface area contributed by atoms with Crippen LogP contribution >= 0.6 is 0 Å². The average Bonchev–Trinajstić information content (AvgIpc) is 2.91. The second-order valence-electron chi connectivity index (χ2n) is 3.73. The number of nitrogens with zero attached hydrogens (tertiary/aromatic N) is 2. The molecule has 0 amide bonds. The Bertz CT molecular complexity index is 554. The number of rotatable bonds is 6. The van der Waals surface area contributed by atoms with Crippen LogP contribution in [0, 0.1) is 0 Å². The minimum absolute atomic E-state index is 0.186. The molecule has 0 unspecified atom stereocenters. The second kappa shape index (κ2) is 5.85. The van der Waals surface area contributed by atoms with Crippen molar-refractivity contribution in [2.45, 2.75) is 6.42 Å². The molecule has 2 aromatic rings. The number of benzene rings is 1. The molecule has 0 atom stereocenters. The number of hydrogen-bond acceptors (Lipinski definition) is 6. The Morgan fingerprint density at radius 1 is 1.53 bits per heavy atom. The van der Waals surface area contributed by atoms with Crippen molar-refractivity contribution in [2.75, 3.05) is 19.0 Å². The molecule has 7 heteroatoms. The molecule has 2 N–H and O–H groups in total. The Kier molecular flexibility index (Phi) is 3.97. The molecule has 0 bridgehead atoms. The van der Waals surface area contributed by atoms with E-state index in [-0.39, 0.29) is 5.56 Å². The number of nitrogens with one attached hydrogen (secondary N) is 1. The molecule has 0 aliphatic rings. The van der Waals surface area contributed by atoms with Crippen molar-refractivity contribution >= 4 is 11.7 Å². The lowest BCUT2D eigenvalue weighted by Gasteiger charge is -2.10. The van der Waals surface area contributed by atoms with Crippen molar-refractivity contribution in [3.05, 3.63) is 36.0 Å². The third kappa shape index (κ3) is 3.21. The van der Waals surface area contributed by atoms with Crippen LogP contribution in [0.4, 0.5) is 5.69 Å². The zero-order valence-corrected chi connectivity index (χ0v) is 10.3. The number of anilines is 1. The van der Waals surface area contributed by atoms with Crippen LogP contribution in [-0.2, 0) is 6.42 Å². The van der Waals surface area contributed by atoms with Crippen molar-refractivity contribution in [2.24, 2.45) is 0 Å². The molecule has 1 aromatic carbocycles. The lowest BCUT2D eigenvalue weighted by molar-refractivity contribution is 0.0698. The topological polar surface area (TPSA) is 97.5 Å². The molecule has 1 heterocycles. The highest BCUT2D eigenvalue weighted by Gasteiger charge is 2.11. The van der Waals surface area contributed by atoms with E-state index in [9.17, 15) is 4.79 Å². The molecular weight excluding hydrogens is 250 g/mol. The highest BCUT2D eigenvalue weighted by atomic mass is 16.5. The van der Waals surface area contributed by atoms with Crippen LogP contribution in [0.5, 0.6) is 5.75 Å². The summed E-state index contributed by atoms with van der Waals surface area (Å²) in [5.41, 5.74) is 0.678. The Balaban J connectivity index is 2.06. The van der Waals surface area contributed by atoms with Crippen molar-refractivity contribution < 1.29 is 19.2 Å². The highest BCUT2D eigenvalue weighted by Crippen LogP contribution is 2.22. The number of carboxylic acid groups (broad SMARTS) is 1. The quantitative estimate of drug-likeness (QED) is 0.813. The average molecular weight is 263 g/mol. The maximum absolute atomic E-state index is 11.1. The van der Waals surface area contributed by atoms with Gasteiger partial charge in [-0.2, -0.15) is 4.98 Å². The molecule has 0 fully saturated rings. The van der Waals surface area contributed by atoms with Crippen molar-refractivity contribution in [3.8, 4) is 5.75 Å². The predicted octanol–water partition coefficient (Wildman–Crippen LogP) is 1.43. The van der Waals surface area contributed by atoms with Gasteiger partial charge in [0.15, 0.2) is 6.33 Å². The summed E-state index contributed by atoms with van der Waals surface area (Å²) >= 11 is 0. The van der Waals surface area contributed by atoms with E-state index in [2.05, 4.69) is 15.5 Å². The van der Waals surface area contributed by atoms with Gasteiger partial charge in [-0.05, 0) is 12.1 Å². The molecular formula is C12H13N3O4. The van der Waals surface area contributed by atoms with E-state index in [4.69, 9.17) is 14.4 Å². The van der Waals surface area contributed by atoms with Crippen LogP contribution in [0.3, 0.4) is 0 Å². The third-order valence-corrected chi connectivity index (χ3v) is 2.52. The summed E-state index contributed by atoms with van der Waals surface area (Å²) in [4.78, 5) is 15.0. The number of carbonyl (C=O) groups is 1. The van der Waals surface area contributed by atoms with E-state index < -0.39 is 5.97 Å². The first-order valence-electron chi connectivity index (χ1n) is 5.61. The van der Waals surface area contributed by atoms with Gasteiger partial charge >= 0.3 is 5.97 Å². The normalized spacial score (nSPS) is 10.2. The summed E-state index contributed by atoms with van der Waals surface area (Å²) in [6.07, 6.45) is 1.83. The van der Waals surface area contributed by atoms with Crippen LogP contribution in [-0.4, -0.2) is 34.9 Å². The predicted molar refractivity (Wildman–Crippen MR) is 66.4 cm³/mol. The highest BCUT2D eigenvalue weighted by molar-refractivity contribution is 5.94. The van der Waals surface area contributed by atoms with Gasteiger partial charge in [0.05, 0.1) is 18.4 Å². The van der Waals surface area contributed by atoms with Gasteiger partial charge < -0.3 is 19.7 Å². The number of aromatic nitrogens is 2. The Morgan fingerprint density at radius 3 is 3.00 bits per heavy atom. The fraction of sp³-hybridized carbons (Fsp3) is 0.250. The zero-order valence-electron chi connectivity index (χ0n) is 10.3. The van der Waals surface area contributed by atoms with Crippen molar-refractivity contribution in [1.82, 2.24) is 10.1 Å². The maximum atomic E-state index is 11.1. The minimum atomic E-state index is -0.997. The van der Waals surface area contributed by atoms with Crippen LogP contribution in [0.25, 0.3) is 0 Å². The van der Waals surface area contributed by atoms with E-state index in [1.54, 1.807) is 12.1 Å². The lowest BCUT2D eigenvalue weighted by Crippen LogP contribution is -2.10. The molecule has 7 nitrogen and oxygen atoms in total. The van der Waals surface area contributed by atoms with Crippen LogP contribution in [0.1, 0.15) is 16.2 Å². The number of ether oxygens (including phenoxy) is 1. The van der Waals surface area contributed by atoms with Gasteiger partial charge in [0.2, 0.25) is 5.89 Å². The molecule has 1 aromatic heterocycles. The van der Waals surface area contributed by atoms with E-state index in [0.717, 1.165) is 0 Å². The maximum Gasteiger partial charge on any atom is 0.337 e. The van der Waals surface area contributed by atoms with Crippen LogP contribution < -0.4 is 10.1 Å². The van der Waals surface area contributed by atoms with Gasteiger partial charge in [-0.15, -0.1) is 0 Å². The SMILES string of the molecule is COc1ccc(C(=O)O)c(NCCc2ncno2)c1. The molecule has 0 saturated heterocycles. The monoisotopic (exact) mass is 263 g/mol. The Hall–Kier alpha value is -2.57. The number of methoxy groups -OCH3 is 1. The molecule has 100 valence electrons. The fourth-order valence-electron chi connectivity index (χ4n) is 1.59. The molecule has 0 radical (unpaired) electrons. The first kappa shape index (κ1) is 12.9. The Morgan fingerprint density at radius 2 is 2.37 bits per heavy atom. The van der Waals surface area contributed by atoms with Crippen LogP contribution in [0.2, 0.25) is 0 Å². The van der Waals surface area contributed by atoms with Gasteiger partial charge in [0.1, 0.15) is 5.75 Å². The first-order valence-corrected chi connectivity index (χ1v) is 5.61. The molecule has 19 heavy (non-hydrogen) atoms. The largest absolute Gasteiger partial charge is 0.497 e. The minimum Gasteiger partial charge on any atom is -0.497 e. The number of carboxylic acids is 1. The number of aromatic carboxylic acids is 1. The van der Waals surface area contributed by atoms with Gasteiger partial charge in [-0.3, -0.25) is 0 Å². The summed E-state index contributed by atoms with van der Waals surface area (Å²) in [6, 6.07) is 4.74. The number of hydrogen-bond donors (Lipinski definition) is 2. The van der Waals surface area contributed by atoms with E-state index in [0.29, 0.717) is 30.3 Å². The van der Waals surface area contributed by atoms with Gasteiger partial charge in [0, 0.05) is 19.0 Å². The third-order valence-electron chi connectivity index (χ3n) is 2.52. The summed E-state index contributed by atoms with van der Waals surface area (Å²) in [6.45, 7) is 0.482. The summed E-state index contributed by atoms with van der Waals surface area (Å²) in [5, 5.41) is 15.6. The first-order chi connectivity index (χ1) is 9.20.